The van der Waals surface area contributed by atoms with Gasteiger partial charge in [0.15, 0.2) is 0 Å². The monoisotopic (exact) mass is 346 g/mol. The molecule has 5 nitrogen and oxygen atoms in total. The molecule has 0 radical (unpaired) electrons. The third kappa shape index (κ3) is 2.62. The van der Waals surface area contributed by atoms with Gasteiger partial charge in [-0.05, 0) is 56.8 Å². The van der Waals surface area contributed by atoms with Crippen LogP contribution in [0.4, 0.5) is 0 Å². The number of nitrogens with one attached hydrogen (secondary N) is 2. The van der Waals surface area contributed by atoms with Crippen LogP contribution in [0, 0.1) is 17.3 Å². The number of methoxy groups -OCH3 is 1. The lowest BCUT2D eigenvalue weighted by atomic mass is 9.53. The van der Waals surface area contributed by atoms with E-state index in [1.165, 1.54) is 5.57 Å². The smallest absolute Gasteiger partial charge is 0.244 e. The molecule has 2 N–H and O–H groups in total. The second kappa shape index (κ2) is 5.83. The highest BCUT2D eigenvalue weighted by molar-refractivity contribution is 5.89. The van der Waals surface area contributed by atoms with Crippen LogP contribution in [-0.2, 0) is 14.3 Å². The molecule has 138 valence electrons. The summed E-state index contributed by atoms with van der Waals surface area (Å²) in [4.78, 5) is 24.6. The Morgan fingerprint density at radius 1 is 1.12 bits per heavy atom. The number of carbonyl (C=O) groups excluding carboxylic acids is 2. The van der Waals surface area contributed by atoms with Crippen LogP contribution in [0.2, 0.25) is 0 Å². The maximum absolute atomic E-state index is 12.7. The van der Waals surface area contributed by atoms with Gasteiger partial charge < -0.3 is 15.4 Å². The summed E-state index contributed by atoms with van der Waals surface area (Å²) < 4.78 is 5.59. The van der Waals surface area contributed by atoms with Gasteiger partial charge in [-0.25, -0.2) is 0 Å². The molecule has 1 saturated heterocycles. The van der Waals surface area contributed by atoms with Gasteiger partial charge in [0, 0.05) is 37.1 Å². The van der Waals surface area contributed by atoms with Gasteiger partial charge in [0.1, 0.15) is 0 Å². The van der Waals surface area contributed by atoms with Crippen molar-refractivity contribution in [2.24, 2.45) is 17.3 Å². The molecule has 3 fully saturated rings. The van der Waals surface area contributed by atoms with E-state index in [2.05, 4.69) is 24.5 Å². The Labute approximate surface area is 149 Å². The van der Waals surface area contributed by atoms with Crippen molar-refractivity contribution in [2.45, 2.75) is 76.5 Å². The van der Waals surface area contributed by atoms with E-state index >= 15 is 0 Å². The fourth-order valence-corrected chi connectivity index (χ4v) is 6.15. The summed E-state index contributed by atoms with van der Waals surface area (Å²) in [5.74, 6) is 0.947. The first-order valence-corrected chi connectivity index (χ1v) is 9.71. The standard InChI is InChI=1S/C20H30N2O3/c1-19-8-6-13(25-3)10-12(19)11-17(24)21-18-14(19)7-9-20(2)15(18)4-5-16(23)22-20/h11,13-15,18H,4-10H2,1-3H3,(H,21,24)(H,22,23)/t13?,14-,15-,18?,19?,20?/m0/s1. The minimum absolute atomic E-state index is 0.0339. The molecule has 0 aromatic carbocycles. The summed E-state index contributed by atoms with van der Waals surface area (Å²) in [6.45, 7) is 4.52. The minimum atomic E-state index is -0.186. The molecule has 2 amide bonds. The van der Waals surface area contributed by atoms with Gasteiger partial charge >= 0.3 is 0 Å². The Morgan fingerprint density at radius 2 is 1.92 bits per heavy atom. The van der Waals surface area contributed by atoms with Gasteiger partial charge in [-0.1, -0.05) is 12.5 Å². The second-order valence-electron chi connectivity index (χ2n) is 8.98. The molecule has 6 atom stereocenters. The van der Waals surface area contributed by atoms with Crippen molar-refractivity contribution in [1.82, 2.24) is 10.6 Å². The van der Waals surface area contributed by atoms with Crippen molar-refractivity contribution < 1.29 is 14.3 Å². The Balaban J connectivity index is 1.69. The van der Waals surface area contributed by atoms with Crippen LogP contribution in [0.3, 0.4) is 0 Å². The number of rotatable bonds is 1. The first-order chi connectivity index (χ1) is 11.9. The van der Waals surface area contributed by atoms with Crippen LogP contribution < -0.4 is 10.6 Å². The molecule has 2 aliphatic heterocycles. The predicted octanol–water partition coefficient (Wildman–Crippen LogP) is 2.31. The highest BCUT2D eigenvalue weighted by Crippen LogP contribution is 2.55. The SMILES string of the molecule is COC1CCC2(C)C(=CC(=O)NC3[C@@H]4CCC(=O)NC4(C)CC[C@@H]32)C1. The number of amides is 2. The van der Waals surface area contributed by atoms with E-state index < -0.39 is 0 Å². The lowest BCUT2D eigenvalue weighted by Gasteiger charge is -2.56. The number of hydrogen-bond donors (Lipinski definition) is 2. The zero-order valence-electron chi connectivity index (χ0n) is 15.6. The number of piperidine rings is 1. The molecular weight excluding hydrogens is 316 g/mol. The van der Waals surface area contributed by atoms with Crippen molar-refractivity contribution in [3.05, 3.63) is 11.6 Å². The summed E-state index contributed by atoms with van der Waals surface area (Å²) >= 11 is 0. The number of ether oxygens (including phenoxy) is 1. The maximum Gasteiger partial charge on any atom is 0.244 e. The van der Waals surface area contributed by atoms with Crippen molar-refractivity contribution in [2.75, 3.05) is 7.11 Å². The molecule has 0 aromatic heterocycles. The fourth-order valence-electron chi connectivity index (χ4n) is 6.15. The Morgan fingerprint density at radius 3 is 2.68 bits per heavy atom. The molecule has 2 heterocycles. The number of fused-ring (bicyclic) bond motifs is 5. The van der Waals surface area contributed by atoms with E-state index in [4.69, 9.17) is 4.74 Å². The summed E-state index contributed by atoms with van der Waals surface area (Å²) in [7, 11) is 1.77. The van der Waals surface area contributed by atoms with Crippen LogP contribution in [0.1, 0.15) is 58.8 Å². The molecule has 4 unspecified atom stereocenters. The maximum atomic E-state index is 12.7. The first kappa shape index (κ1) is 17.1. The molecule has 0 spiro atoms. The van der Waals surface area contributed by atoms with Crippen molar-refractivity contribution >= 4 is 11.8 Å². The Hall–Kier alpha value is -1.36. The molecule has 5 heteroatoms. The normalized spacial score (nSPS) is 46.6. The van der Waals surface area contributed by atoms with Crippen LogP contribution >= 0.6 is 0 Å². The largest absolute Gasteiger partial charge is 0.381 e. The molecule has 2 saturated carbocycles. The van der Waals surface area contributed by atoms with Crippen molar-refractivity contribution in [1.29, 1.82) is 0 Å². The van der Waals surface area contributed by atoms with E-state index in [-0.39, 0.29) is 34.9 Å². The molecule has 0 aromatic rings. The summed E-state index contributed by atoms with van der Waals surface area (Å²) in [5, 5.41) is 6.56. The first-order valence-electron chi connectivity index (χ1n) is 9.71. The van der Waals surface area contributed by atoms with Gasteiger partial charge in [0.2, 0.25) is 11.8 Å². The van der Waals surface area contributed by atoms with Crippen molar-refractivity contribution in [3.8, 4) is 0 Å². The second-order valence-corrected chi connectivity index (χ2v) is 8.98. The quantitative estimate of drug-likeness (QED) is 0.766. The third-order valence-corrected chi connectivity index (χ3v) is 7.70. The molecular formula is C20H30N2O3. The van der Waals surface area contributed by atoms with Crippen LogP contribution in [0.25, 0.3) is 0 Å². The topological polar surface area (TPSA) is 67.4 Å². The summed E-state index contributed by atoms with van der Waals surface area (Å²) in [6.07, 6.45) is 8.55. The predicted molar refractivity (Wildman–Crippen MR) is 94.8 cm³/mol. The van der Waals surface area contributed by atoms with E-state index in [0.717, 1.165) is 38.5 Å². The lowest BCUT2D eigenvalue weighted by molar-refractivity contribution is -0.130. The van der Waals surface area contributed by atoms with E-state index in [1.807, 2.05) is 6.08 Å². The molecule has 4 rings (SSSR count). The average Bonchev–Trinajstić information content (AvgIpc) is 2.66. The minimum Gasteiger partial charge on any atom is -0.381 e. The Kier molecular flexibility index (Phi) is 3.98. The van der Waals surface area contributed by atoms with Crippen LogP contribution in [-0.4, -0.2) is 36.6 Å². The van der Waals surface area contributed by atoms with Gasteiger partial charge in [0.05, 0.1) is 6.10 Å². The fraction of sp³-hybridized carbons (Fsp3) is 0.800. The highest BCUT2D eigenvalue weighted by atomic mass is 16.5. The summed E-state index contributed by atoms with van der Waals surface area (Å²) in [6, 6.07) is 0.143. The van der Waals surface area contributed by atoms with Crippen LogP contribution in [0.5, 0.6) is 0 Å². The average molecular weight is 346 g/mol. The van der Waals surface area contributed by atoms with Gasteiger partial charge in [0.25, 0.3) is 0 Å². The molecule has 25 heavy (non-hydrogen) atoms. The van der Waals surface area contributed by atoms with Gasteiger partial charge in [-0.3, -0.25) is 9.59 Å². The lowest BCUT2D eigenvalue weighted by Crippen LogP contribution is -2.66. The molecule has 0 bridgehead atoms. The zero-order chi connectivity index (χ0) is 17.8. The highest BCUT2D eigenvalue weighted by Gasteiger charge is 2.56. The van der Waals surface area contributed by atoms with Crippen molar-refractivity contribution in [3.63, 3.8) is 0 Å². The molecule has 4 aliphatic rings. The summed E-state index contributed by atoms with van der Waals surface area (Å²) in [5.41, 5.74) is 1.13. The van der Waals surface area contributed by atoms with E-state index in [1.54, 1.807) is 7.11 Å². The number of carbonyl (C=O) groups is 2. The van der Waals surface area contributed by atoms with E-state index in [0.29, 0.717) is 18.3 Å². The third-order valence-electron chi connectivity index (χ3n) is 7.70. The van der Waals surface area contributed by atoms with Crippen LogP contribution in [0.15, 0.2) is 11.6 Å². The molecule has 2 aliphatic carbocycles. The van der Waals surface area contributed by atoms with Gasteiger partial charge in [-0.15, -0.1) is 0 Å². The number of hydrogen-bond acceptors (Lipinski definition) is 3. The van der Waals surface area contributed by atoms with E-state index in [9.17, 15) is 9.59 Å². The van der Waals surface area contributed by atoms with Gasteiger partial charge in [-0.2, -0.15) is 0 Å². The zero-order valence-corrected chi connectivity index (χ0v) is 15.6. The Bertz CT molecular complexity index is 630.